The summed E-state index contributed by atoms with van der Waals surface area (Å²) in [5.41, 5.74) is 6.16. The fourth-order valence-corrected chi connectivity index (χ4v) is 1.92. The largest absolute Gasteiger partial charge is 0.438 e. The van der Waals surface area contributed by atoms with Gasteiger partial charge in [0, 0.05) is 4.47 Å². The van der Waals surface area contributed by atoms with E-state index in [0.717, 1.165) is 4.47 Å². The van der Waals surface area contributed by atoms with E-state index in [1.807, 2.05) is 24.3 Å². The summed E-state index contributed by atoms with van der Waals surface area (Å²) >= 11 is 3.38. The molecule has 0 spiro atoms. The number of nitrogen functional groups attached to an aromatic ring is 1. The Morgan fingerprint density at radius 1 is 1.28 bits per heavy atom. The van der Waals surface area contributed by atoms with Gasteiger partial charge in [-0.05, 0) is 18.2 Å². The van der Waals surface area contributed by atoms with Crippen molar-refractivity contribution in [3.05, 3.63) is 34.9 Å². The van der Waals surface area contributed by atoms with Gasteiger partial charge in [0.15, 0.2) is 5.65 Å². The molecular weight excluding hydrogens is 298 g/mol. The van der Waals surface area contributed by atoms with Crippen LogP contribution < -0.4 is 10.5 Å². The minimum absolute atomic E-state index is 0.136. The number of aromatic amines is 1. The maximum Gasteiger partial charge on any atom is 0.235 e. The van der Waals surface area contributed by atoms with Crippen molar-refractivity contribution in [3.8, 4) is 11.6 Å². The second-order valence-electron chi connectivity index (χ2n) is 3.58. The molecule has 2 aromatic heterocycles. The number of halogens is 1. The van der Waals surface area contributed by atoms with E-state index < -0.39 is 0 Å². The summed E-state index contributed by atoms with van der Waals surface area (Å²) in [6, 6.07) is 7.45. The van der Waals surface area contributed by atoms with Gasteiger partial charge in [-0.2, -0.15) is 15.1 Å². The summed E-state index contributed by atoms with van der Waals surface area (Å²) < 4.78 is 6.61. The van der Waals surface area contributed by atoms with Crippen LogP contribution >= 0.6 is 15.9 Å². The Hall–Kier alpha value is -2.15. The van der Waals surface area contributed by atoms with Crippen LogP contribution in [0.3, 0.4) is 0 Å². The highest BCUT2D eigenvalue weighted by atomic mass is 79.9. The van der Waals surface area contributed by atoms with Crippen LogP contribution in [0.2, 0.25) is 0 Å². The second-order valence-corrected chi connectivity index (χ2v) is 4.49. The lowest BCUT2D eigenvalue weighted by Gasteiger charge is -2.06. The van der Waals surface area contributed by atoms with Gasteiger partial charge in [-0.25, -0.2) is 0 Å². The zero-order valence-corrected chi connectivity index (χ0v) is 10.7. The smallest absolute Gasteiger partial charge is 0.235 e. The molecule has 0 saturated heterocycles. The molecule has 0 amide bonds. The predicted molar refractivity (Wildman–Crippen MR) is 70.3 cm³/mol. The van der Waals surface area contributed by atoms with E-state index in [-0.39, 0.29) is 5.95 Å². The highest BCUT2D eigenvalue weighted by Gasteiger charge is 2.10. The number of H-pyrrole nitrogens is 1. The molecule has 0 aliphatic rings. The summed E-state index contributed by atoms with van der Waals surface area (Å²) in [6.07, 6.45) is 1.60. The average molecular weight is 306 g/mol. The fraction of sp³-hybridized carbons (Fsp3) is 0. The standard InChI is InChI=1S/C11H8BrN5O/c12-6-2-1-3-7(4-6)18-10-8-5-14-17-9(8)15-11(13)16-10/h1-5H,(H3,13,14,15,16,17). The van der Waals surface area contributed by atoms with Gasteiger partial charge < -0.3 is 10.5 Å². The number of nitrogens with one attached hydrogen (secondary N) is 1. The number of anilines is 1. The van der Waals surface area contributed by atoms with E-state index in [4.69, 9.17) is 10.5 Å². The lowest BCUT2D eigenvalue weighted by Crippen LogP contribution is -1.97. The maximum absolute atomic E-state index is 5.69. The van der Waals surface area contributed by atoms with Gasteiger partial charge in [-0.1, -0.05) is 22.0 Å². The van der Waals surface area contributed by atoms with Crippen LogP contribution in [0.15, 0.2) is 34.9 Å². The predicted octanol–water partition coefficient (Wildman–Crippen LogP) is 2.49. The highest BCUT2D eigenvalue weighted by Crippen LogP contribution is 2.28. The second kappa shape index (κ2) is 4.26. The summed E-state index contributed by atoms with van der Waals surface area (Å²) in [6.45, 7) is 0. The minimum atomic E-state index is 0.136. The molecule has 3 N–H and O–H groups in total. The SMILES string of the molecule is Nc1nc(Oc2cccc(Br)c2)c2cn[nH]c2n1. The Balaban J connectivity index is 2.06. The monoisotopic (exact) mass is 305 g/mol. The first kappa shape index (κ1) is 11.0. The summed E-state index contributed by atoms with van der Waals surface area (Å²) in [7, 11) is 0. The molecule has 0 aliphatic heterocycles. The number of hydrogen-bond donors (Lipinski definition) is 2. The number of ether oxygens (including phenoxy) is 1. The third-order valence-electron chi connectivity index (χ3n) is 2.30. The normalized spacial score (nSPS) is 10.7. The van der Waals surface area contributed by atoms with Crippen molar-refractivity contribution in [2.45, 2.75) is 0 Å². The van der Waals surface area contributed by atoms with Crippen LogP contribution in [-0.4, -0.2) is 20.2 Å². The van der Waals surface area contributed by atoms with Gasteiger partial charge in [0.25, 0.3) is 0 Å². The minimum Gasteiger partial charge on any atom is -0.438 e. The molecule has 1 aromatic carbocycles. The molecule has 2 heterocycles. The number of aromatic nitrogens is 4. The number of hydrogen-bond acceptors (Lipinski definition) is 5. The molecule has 18 heavy (non-hydrogen) atoms. The van der Waals surface area contributed by atoms with Crippen LogP contribution in [0.25, 0.3) is 11.0 Å². The topological polar surface area (TPSA) is 89.7 Å². The van der Waals surface area contributed by atoms with Crippen LogP contribution in [0.4, 0.5) is 5.95 Å². The summed E-state index contributed by atoms with van der Waals surface area (Å²) in [4.78, 5) is 8.08. The van der Waals surface area contributed by atoms with E-state index in [1.54, 1.807) is 6.20 Å². The lowest BCUT2D eigenvalue weighted by molar-refractivity contribution is 0.469. The van der Waals surface area contributed by atoms with Crippen LogP contribution in [0.5, 0.6) is 11.6 Å². The molecule has 0 aliphatic carbocycles. The number of benzene rings is 1. The molecule has 3 rings (SSSR count). The first-order valence-corrected chi connectivity index (χ1v) is 5.92. The van der Waals surface area contributed by atoms with E-state index in [9.17, 15) is 0 Å². The van der Waals surface area contributed by atoms with Crippen LogP contribution in [0, 0.1) is 0 Å². The molecule has 0 unspecified atom stereocenters. The van der Waals surface area contributed by atoms with Crippen molar-refractivity contribution in [2.24, 2.45) is 0 Å². The number of nitrogens with two attached hydrogens (primary N) is 1. The van der Waals surface area contributed by atoms with Crippen molar-refractivity contribution in [1.29, 1.82) is 0 Å². The molecule has 0 radical (unpaired) electrons. The molecule has 6 nitrogen and oxygen atoms in total. The number of nitrogens with zero attached hydrogens (tertiary/aromatic N) is 3. The highest BCUT2D eigenvalue weighted by molar-refractivity contribution is 9.10. The molecule has 7 heteroatoms. The first-order chi connectivity index (χ1) is 8.72. The number of rotatable bonds is 2. The Labute approximate surface area is 110 Å². The van der Waals surface area contributed by atoms with Gasteiger partial charge in [-0.15, -0.1) is 0 Å². The molecule has 0 bridgehead atoms. The van der Waals surface area contributed by atoms with Crippen molar-refractivity contribution >= 4 is 32.9 Å². The van der Waals surface area contributed by atoms with Gasteiger partial charge >= 0.3 is 0 Å². The lowest BCUT2D eigenvalue weighted by atomic mass is 10.3. The van der Waals surface area contributed by atoms with E-state index in [2.05, 4.69) is 36.1 Å². The Morgan fingerprint density at radius 2 is 2.17 bits per heavy atom. The quantitative estimate of drug-likeness (QED) is 0.759. The zero-order valence-electron chi connectivity index (χ0n) is 9.09. The van der Waals surface area contributed by atoms with E-state index in [1.165, 1.54) is 0 Å². The molecule has 3 aromatic rings. The van der Waals surface area contributed by atoms with E-state index >= 15 is 0 Å². The third-order valence-corrected chi connectivity index (χ3v) is 2.80. The molecule has 90 valence electrons. The maximum atomic E-state index is 5.69. The van der Waals surface area contributed by atoms with Gasteiger partial charge in [0.2, 0.25) is 11.8 Å². The fourth-order valence-electron chi connectivity index (χ4n) is 1.54. The molecule has 0 fully saturated rings. The van der Waals surface area contributed by atoms with Crippen molar-refractivity contribution in [2.75, 3.05) is 5.73 Å². The van der Waals surface area contributed by atoms with Gasteiger partial charge in [0.1, 0.15) is 11.1 Å². The van der Waals surface area contributed by atoms with Crippen molar-refractivity contribution in [3.63, 3.8) is 0 Å². The van der Waals surface area contributed by atoms with Crippen molar-refractivity contribution in [1.82, 2.24) is 20.2 Å². The zero-order chi connectivity index (χ0) is 12.5. The molecule has 0 atom stereocenters. The third kappa shape index (κ3) is 2.00. The summed E-state index contributed by atoms with van der Waals surface area (Å²) in [5, 5.41) is 7.30. The Bertz CT molecular complexity index is 711. The first-order valence-electron chi connectivity index (χ1n) is 5.12. The molecular formula is C11H8BrN5O. The Morgan fingerprint density at radius 3 is 3.00 bits per heavy atom. The Kier molecular flexibility index (Phi) is 2.60. The molecule has 0 saturated carbocycles. The van der Waals surface area contributed by atoms with Crippen LogP contribution in [0.1, 0.15) is 0 Å². The van der Waals surface area contributed by atoms with E-state index in [0.29, 0.717) is 22.7 Å². The van der Waals surface area contributed by atoms with Crippen LogP contribution in [-0.2, 0) is 0 Å². The number of fused-ring (bicyclic) bond motifs is 1. The average Bonchev–Trinajstić information content (AvgIpc) is 2.77. The summed E-state index contributed by atoms with van der Waals surface area (Å²) in [5.74, 6) is 1.17. The van der Waals surface area contributed by atoms with Gasteiger partial charge in [-0.3, -0.25) is 5.10 Å². The van der Waals surface area contributed by atoms with Gasteiger partial charge in [0.05, 0.1) is 6.20 Å². The van der Waals surface area contributed by atoms with Crippen molar-refractivity contribution < 1.29 is 4.74 Å².